The van der Waals surface area contributed by atoms with Crippen molar-refractivity contribution in [3.05, 3.63) is 41.7 Å². The zero-order valence-electron chi connectivity index (χ0n) is 8.94. The average Bonchev–Trinajstić information content (AvgIpc) is 2.34. The van der Waals surface area contributed by atoms with Crippen LogP contribution >= 0.6 is 71.0 Å². The summed E-state index contributed by atoms with van der Waals surface area (Å²) in [6.45, 7) is 0. The normalized spacial score (nSPS) is 12.3. The molecular weight excluding hydrogens is 487 g/mol. The van der Waals surface area contributed by atoms with Gasteiger partial charge in [-0.2, -0.15) is 0 Å². The van der Waals surface area contributed by atoms with Gasteiger partial charge in [-0.3, -0.25) is 0 Å². The first-order valence-electron chi connectivity index (χ1n) is 4.99. The number of fused-ring (bicyclic) bond motifs is 2. The lowest BCUT2D eigenvalue weighted by atomic mass is 10.2. The van der Waals surface area contributed by atoms with Crippen LogP contribution in [0.2, 0.25) is 10.0 Å². The van der Waals surface area contributed by atoms with Crippen molar-refractivity contribution in [3.8, 4) is 23.0 Å². The summed E-state index contributed by atoms with van der Waals surface area (Å²) >= 11 is 22.5. The van der Waals surface area contributed by atoms with Gasteiger partial charge in [-0.05, 0) is 50.1 Å². The second-order valence-electron chi connectivity index (χ2n) is 3.73. The molecule has 2 nitrogen and oxygen atoms in total. The highest BCUT2D eigenvalue weighted by atomic mass is 79.9. The molecule has 3 rings (SSSR count). The van der Waals surface area contributed by atoms with Crippen LogP contribution in [0.1, 0.15) is 0 Å². The first-order valence-corrected chi connectivity index (χ1v) is 8.13. The maximum Gasteiger partial charge on any atom is 0.189 e. The van der Waals surface area contributed by atoms with Crippen LogP contribution in [0.4, 0.5) is 0 Å². The van der Waals surface area contributed by atoms with Gasteiger partial charge in [0.25, 0.3) is 0 Å². The summed E-state index contributed by atoms with van der Waals surface area (Å²) < 4.78 is 13.9. The summed E-state index contributed by atoms with van der Waals surface area (Å²) in [5.74, 6) is 1.93. The van der Waals surface area contributed by atoms with Gasteiger partial charge in [-0.15, -0.1) is 0 Å². The monoisotopic (exact) mass is 486 g/mol. The molecular formula is C12H3Br3Cl2O2. The fourth-order valence-electron chi connectivity index (χ4n) is 1.67. The highest BCUT2D eigenvalue weighted by molar-refractivity contribution is 9.13. The van der Waals surface area contributed by atoms with Gasteiger partial charge >= 0.3 is 0 Å². The molecule has 0 atom stereocenters. The molecule has 0 radical (unpaired) electrons. The molecule has 0 bridgehead atoms. The minimum absolute atomic E-state index is 0.451. The zero-order valence-corrected chi connectivity index (χ0v) is 15.2. The summed E-state index contributed by atoms with van der Waals surface area (Å²) in [7, 11) is 0. The van der Waals surface area contributed by atoms with E-state index >= 15 is 0 Å². The Labute approximate surface area is 144 Å². The van der Waals surface area contributed by atoms with Crippen molar-refractivity contribution in [2.75, 3.05) is 0 Å². The van der Waals surface area contributed by atoms with E-state index in [1.54, 1.807) is 18.2 Å². The van der Waals surface area contributed by atoms with Crippen LogP contribution in [0.25, 0.3) is 0 Å². The van der Waals surface area contributed by atoms with E-state index < -0.39 is 0 Å². The molecule has 1 heterocycles. The number of hydrogen-bond acceptors (Lipinski definition) is 2. The van der Waals surface area contributed by atoms with E-state index in [-0.39, 0.29) is 0 Å². The Hall–Kier alpha value is 0.0600. The van der Waals surface area contributed by atoms with E-state index in [9.17, 15) is 0 Å². The number of hydrogen-bond donors (Lipinski definition) is 0. The van der Waals surface area contributed by atoms with Crippen LogP contribution in [0.5, 0.6) is 23.0 Å². The predicted octanol–water partition coefficient (Wildman–Crippen LogP) is 7.18. The van der Waals surface area contributed by atoms with Crippen molar-refractivity contribution in [2.24, 2.45) is 0 Å². The van der Waals surface area contributed by atoms with Crippen LogP contribution in [-0.2, 0) is 0 Å². The van der Waals surface area contributed by atoms with Gasteiger partial charge in [0.05, 0.1) is 14.5 Å². The van der Waals surface area contributed by atoms with E-state index in [1.807, 2.05) is 0 Å². The topological polar surface area (TPSA) is 18.5 Å². The van der Waals surface area contributed by atoms with E-state index in [2.05, 4.69) is 47.8 Å². The molecule has 2 aromatic rings. The number of halogens is 5. The molecule has 19 heavy (non-hydrogen) atoms. The molecule has 2 aromatic carbocycles. The van der Waals surface area contributed by atoms with Crippen molar-refractivity contribution in [3.63, 3.8) is 0 Å². The number of ether oxygens (including phenoxy) is 2. The number of benzene rings is 2. The van der Waals surface area contributed by atoms with Gasteiger partial charge in [0, 0.05) is 8.95 Å². The van der Waals surface area contributed by atoms with Crippen molar-refractivity contribution >= 4 is 71.0 Å². The van der Waals surface area contributed by atoms with E-state index in [4.69, 9.17) is 32.7 Å². The quantitative estimate of drug-likeness (QED) is 0.311. The van der Waals surface area contributed by atoms with Crippen LogP contribution < -0.4 is 9.47 Å². The Bertz CT molecular complexity index is 704. The molecule has 0 saturated carbocycles. The highest BCUT2D eigenvalue weighted by Crippen LogP contribution is 2.55. The van der Waals surface area contributed by atoms with Crippen LogP contribution in [-0.4, -0.2) is 0 Å². The first-order chi connectivity index (χ1) is 8.97. The van der Waals surface area contributed by atoms with E-state index in [0.29, 0.717) is 33.0 Å². The molecule has 0 N–H and O–H groups in total. The first kappa shape index (κ1) is 14.0. The van der Waals surface area contributed by atoms with Crippen LogP contribution in [0, 0.1) is 0 Å². The van der Waals surface area contributed by atoms with Crippen molar-refractivity contribution in [1.82, 2.24) is 0 Å². The van der Waals surface area contributed by atoms with E-state index in [1.165, 1.54) is 0 Å². The van der Waals surface area contributed by atoms with Gasteiger partial charge in [0.15, 0.2) is 23.0 Å². The molecule has 1 aliphatic rings. The third-order valence-electron chi connectivity index (χ3n) is 2.48. The van der Waals surface area contributed by atoms with Crippen LogP contribution in [0.15, 0.2) is 31.6 Å². The summed E-state index contributed by atoms with van der Waals surface area (Å²) in [4.78, 5) is 0. The average molecular weight is 490 g/mol. The SMILES string of the molecule is Clc1cc(Br)cc2c1Oc1c(Br)c(Br)cc(Cl)c1O2. The molecule has 98 valence electrons. The van der Waals surface area contributed by atoms with Crippen LogP contribution in [0.3, 0.4) is 0 Å². The fourth-order valence-corrected chi connectivity index (χ4v) is 3.63. The molecule has 0 spiro atoms. The fraction of sp³-hybridized carbons (Fsp3) is 0. The molecule has 7 heteroatoms. The third kappa shape index (κ3) is 2.40. The zero-order chi connectivity index (χ0) is 13.7. The lowest BCUT2D eigenvalue weighted by molar-refractivity contribution is 0.357. The lowest BCUT2D eigenvalue weighted by Crippen LogP contribution is -2.01. The minimum Gasteiger partial charge on any atom is -0.448 e. The summed E-state index contributed by atoms with van der Waals surface area (Å²) in [5, 5.41) is 0.907. The van der Waals surface area contributed by atoms with Crippen molar-refractivity contribution in [2.45, 2.75) is 0 Å². The summed E-state index contributed by atoms with van der Waals surface area (Å²) in [6.07, 6.45) is 0. The molecule has 1 aliphatic heterocycles. The smallest absolute Gasteiger partial charge is 0.189 e. The molecule has 0 amide bonds. The maximum absolute atomic E-state index is 6.16. The van der Waals surface area contributed by atoms with E-state index in [0.717, 1.165) is 13.4 Å². The summed E-state index contributed by atoms with van der Waals surface area (Å²) in [5.41, 5.74) is 0. The van der Waals surface area contributed by atoms with Crippen molar-refractivity contribution in [1.29, 1.82) is 0 Å². The third-order valence-corrected chi connectivity index (χ3v) is 5.44. The van der Waals surface area contributed by atoms with Gasteiger partial charge in [-0.25, -0.2) is 0 Å². The Kier molecular flexibility index (Phi) is 3.77. The highest BCUT2D eigenvalue weighted by Gasteiger charge is 2.27. The molecule has 0 saturated heterocycles. The Balaban J connectivity index is 2.22. The van der Waals surface area contributed by atoms with Gasteiger partial charge in [0.2, 0.25) is 0 Å². The molecule has 0 aliphatic carbocycles. The lowest BCUT2D eigenvalue weighted by Gasteiger charge is -2.23. The Morgan fingerprint density at radius 1 is 0.789 bits per heavy atom. The largest absolute Gasteiger partial charge is 0.448 e. The Morgan fingerprint density at radius 3 is 2.21 bits per heavy atom. The maximum atomic E-state index is 6.16. The Morgan fingerprint density at radius 2 is 1.47 bits per heavy atom. The second-order valence-corrected chi connectivity index (χ2v) is 7.11. The van der Waals surface area contributed by atoms with Crippen molar-refractivity contribution < 1.29 is 9.47 Å². The summed E-state index contributed by atoms with van der Waals surface area (Å²) in [6, 6.07) is 5.25. The molecule has 0 aromatic heterocycles. The van der Waals surface area contributed by atoms with Gasteiger partial charge in [-0.1, -0.05) is 39.1 Å². The van der Waals surface area contributed by atoms with Gasteiger partial charge in [0.1, 0.15) is 0 Å². The minimum atomic E-state index is 0.451. The molecule has 0 fully saturated rings. The second kappa shape index (κ2) is 5.11. The number of rotatable bonds is 0. The standard InChI is InChI=1S/C12H3Br3Cl2O2/c13-4-1-6(16)10-8(2-4)18-11-7(17)3-5(14)9(15)12(11)19-10/h1-3H. The molecule has 0 unspecified atom stereocenters. The van der Waals surface area contributed by atoms with Gasteiger partial charge < -0.3 is 9.47 Å². The predicted molar refractivity (Wildman–Crippen MR) is 86.2 cm³/mol.